The minimum Gasteiger partial charge on any atom is -0.348 e. The van der Waals surface area contributed by atoms with E-state index >= 15 is 0 Å². The maximum Gasteiger partial charge on any atom is 0.247 e. The van der Waals surface area contributed by atoms with Gasteiger partial charge in [-0.15, -0.1) is 0 Å². The third-order valence-electron chi connectivity index (χ3n) is 1.98. The third-order valence-corrected chi connectivity index (χ3v) is 3.38. The molecule has 0 aromatic carbocycles. The number of pyridine rings is 1. The predicted molar refractivity (Wildman–Crippen MR) is 60.9 cm³/mol. The number of nitrogens with one attached hydrogen (secondary N) is 2. The fourth-order valence-electron chi connectivity index (χ4n) is 0.962. The molecule has 0 bridgehead atoms. The number of aromatic nitrogens is 1. The zero-order chi connectivity index (χ0) is 13.1. The summed E-state index contributed by atoms with van der Waals surface area (Å²) < 4.78 is 25.5. The first kappa shape index (κ1) is 13.4. The van der Waals surface area contributed by atoms with Crippen LogP contribution in [0, 0.1) is 0 Å². The van der Waals surface area contributed by atoms with E-state index in [9.17, 15) is 18.0 Å². The van der Waals surface area contributed by atoms with Crippen molar-refractivity contribution in [1.82, 2.24) is 14.6 Å². The van der Waals surface area contributed by atoms with Gasteiger partial charge < -0.3 is 9.88 Å². The summed E-state index contributed by atoms with van der Waals surface area (Å²) in [6.07, 6.45) is 1.07. The standard InChI is InChI=1S/C9H13N3O4S/c1-12(2)9(14)6-11-17(15,16)7-3-4-8(13)10-5-7/h3-5,11H,6H2,1-2H3,(H,10,13). The monoisotopic (exact) mass is 259 g/mol. The van der Waals surface area contributed by atoms with Gasteiger partial charge in [-0.3, -0.25) is 9.59 Å². The summed E-state index contributed by atoms with van der Waals surface area (Å²) in [5.74, 6) is -0.363. The molecule has 0 unspecified atom stereocenters. The number of nitrogens with zero attached hydrogens (tertiary/aromatic N) is 1. The molecular formula is C9H13N3O4S. The second kappa shape index (κ2) is 5.11. The molecule has 0 aliphatic rings. The second-order valence-corrected chi connectivity index (χ2v) is 5.27. The van der Waals surface area contributed by atoms with Crippen LogP contribution < -0.4 is 10.3 Å². The summed E-state index contributed by atoms with van der Waals surface area (Å²) in [5.41, 5.74) is -0.395. The molecule has 0 spiro atoms. The lowest BCUT2D eigenvalue weighted by Gasteiger charge is -2.11. The Kier molecular flexibility index (Phi) is 4.02. The quantitative estimate of drug-likeness (QED) is 0.705. The van der Waals surface area contributed by atoms with Crippen molar-refractivity contribution < 1.29 is 13.2 Å². The first-order valence-electron chi connectivity index (χ1n) is 4.71. The van der Waals surface area contributed by atoms with Gasteiger partial charge in [-0.1, -0.05) is 0 Å². The smallest absolute Gasteiger partial charge is 0.247 e. The van der Waals surface area contributed by atoms with Gasteiger partial charge in [-0.25, -0.2) is 13.1 Å². The number of sulfonamides is 1. The minimum absolute atomic E-state index is 0.0938. The number of carbonyl (C=O) groups is 1. The van der Waals surface area contributed by atoms with Crippen molar-refractivity contribution in [1.29, 1.82) is 0 Å². The second-order valence-electron chi connectivity index (χ2n) is 3.50. The molecule has 1 heterocycles. The maximum absolute atomic E-state index is 11.7. The van der Waals surface area contributed by atoms with E-state index in [0.29, 0.717) is 0 Å². The largest absolute Gasteiger partial charge is 0.348 e. The molecule has 1 amide bonds. The summed E-state index contributed by atoms with van der Waals surface area (Å²) in [6.45, 7) is -0.325. The van der Waals surface area contributed by atoms with E-state index in [2.05, 4.69) is 9.71 Å². The van der Waals surface area contributed by atoms with Crippen molar-refractivity contribution in [3.8, 4) is 0 Å². The maximum atomic E-state index is 11.7. The van der Waals surface area contributed by atoms with Crippen LogP contribution in [0.4, 0.5) is 0 Å². The molecule has 94 valence electrons. The molecule has 0 saturated carbocycles. The molecule has 8 heteroatoms. The Bertz CT molecular complexity index is 541. The van der Waals surface area contributed by atoms with Gasteiger partial charge in [0.2, 0.25) is 21.5 Å². The zero-order valence-electron chi connectivity index (χ0n) is 9.43. The van der Waals surface area contributed by atoms with Crippen LogP contribution in [0.1, 0.15) is 0 Å². The van der Waals surface area contributed by atoms with E-state index in [-0.39, 0.29) is 17.3 Å². The molecule has 7 nitrogen and oxygen atoms in total. The van der Waals surface area contributed by atoms with Gasteiger partial charge in [-0.2, -0.15) is 0 Å². The topological polar surface area (TPSA) is 99.3 Å². The van der Waals surface area contributed by atoms with E-state index in [1.54, 1.807) is 0 Å². The van der Waals surface area contributed by atoms with Gasteiger partial charge in [-0.05, 0) is 6.07 Å². The van der Waals surface area contributed by atoms with Gasteiger partial charge in [0.25, 0.3) is 0 Å². The van der Waals surface area contributed by atoms with Crippen LogP contribution in [0.15, 0.2) is 28.0 Å². The Morgan fingerprint density at radius 2 is 2.06 bits per heavy atom. The Balaban J connectivity index is 2.79. The van der Waals surface area contributed by atoms with Crippen LogP contribution in [0.2, 0.25) is 0 Å². The molecule has 2 N–H and O–H groups in total. The van der Waals surface area contributed by atoms with Gasteiger partial charge >= 0.3 is 0 Å². The van der Waals surface area contributed by atoms with Crippen LogP contribution in [-0.2, 0) is 14.8 Å². The average molecular weight is 259 g/mol. The van der Waals surface area contributed by atoms with Crippen LogP contribution in [0.25, 0.3) is 0 Å². The Hall–Kier alpha value is -1.67. The molecule has 0 aliphatic carbocycles. The lowest BCUT2D eigenvalue weighted by molar-refractivity contribution is -0.127. The lowest BCUT2D eigenvalue weighted by atomic mass is 10.5. The zero-order valence-corrected chi connectivity index (χ0v) is 10.2. The summed E-state index contributed by atoms with van der Waals surface area (Å²) in [7, 11) is -0.724. The number of hydrogen-bond acceptors (Lipinski definition) is 4. The molecule has 0 fully saturated rings. The number of H-pyrrole nitrogens is 1. The van der Waals surface area contributed by atoms with Gasteiger partial charge in [0.1, 0.15) is 0 Å². The summed E-state index contributed by atoms with van der Waals surface area (Å²) in [6, 6.07) is 2.27. The Morgan fingerprint density at radius 3 is 2.53 bits per heavy atom. The molecule has 1 rings (SSSR count). The third kappa shape index (κ3) is 3.68. The fraction of sp³-hybridized carbons (Fsp3) is 0.333. The number of hydrogen-bond donors (Lipinski definition) is 2. The summed E-state index contributed by atoms with van der Waals surface area (Å²) in [5, 5.41) is 0. The highest BCUT2D eigenvalue weighted by Crippen LogP contribution is 2.03. The van der Waals surface area contributed by atoms with Crippen molar-refractivity contribution in [2.75, 3.05) is 20.6 Å². The SMILES string of the molecule is CN(C)C(=O)CNS(=O)(=O)c1ccc(=O)[nH]c1. The number of likely N-dealkylation sites (N-methyl/N-ethyl adjacent to an activating group) is 1. The fourth-order valence-corrected chi connectivity index (χ4v) is 1.90. The highest BCUT2D eigenvalue weighted by Gasteiger charge is 2.15. The average Bonchev–Trinajstić information content (AvgIpc) is 2.26. The van der Waals surface area contributed by atoms with Crippen molar-refractivity contribution in [2.24, 2.45) is 0 Å². The molecule has 1 aromatic heterocycles. The van der Waals surface area contributed by atoms with Crippen molar-refractivity contribution in [3.05, 3.63) is 28.7 Å². The van der Waals surface area contributed by atoms with E-state index in [1.165, 1.54) is 25.1 Å². The highest BCUT2D eigenvalue weighted by molar-refractivity contribution is 7.89. The van der Waals surface area contributed by atoms with Crippen LogP contribution >= 0.6 is 0 Å². The predicted octanol–water partition coefficient (Wildman–Crippen LogP) is -1.26. The summed E-state index contributed by atoms with van der Waals surface area (Å²) in [4.78, 5) is 25.4. The van der Waals surface area contributed by atoms with E-state index in [1.807, 2.05) is 0 Å². The summed E-state index contributed by atoms with van der Waals surface area (Å²) >= 11 is 0. The Labute approximate surface area is 98.5 Å². The normalized spacial score (nSPS) is 11.2. The van der Waals surface area contributed by atoms with Gasteiger partial charge in [0, 0.05) is 26.4 Å². The van der Waals surface area contributed by atoms with Crippen LogP contribution in [-0.4, -0.2) is 44.8 Å². The number of carbonyl (C=O) groups excluding carboxylic acids is 1. The van der Waals surface area contributed by atoms with E-state index in [0.717, 1.165) is 12.3 Å². The molecular weight excluding hydrogens is 246 g/mol. The lowest BCUT2D eigenvalue weighted by Crippen LogP contribution is -2.36. The molecule has 0 radical (unpaired) electrons. The molecule has 17 heavy (non-hydrogen) atoms. The van der Waals surface area contributed by atoms with Gasteiger partial charge in [0.05, 0.1) is 11.4 Å². The molecule has 0 atom stereocenters. The molecule has 0 saturated heterocycles. The Morgan fingerprint density at radius 1 is 1.41 bits per heavy atom. The minimum atomic E-state index is -3.77. The van der Waals surface area contributed by atoms with Crippen LogP contribution in [0.3, 0.4) is 0 Å². The number of amides is 1. The first-order chi connectivity index (χ1) is 7.83. The molecule has 1 aromatic rings. The van der Waals surface area contributed by atoms with E-state index < -0.39 is 15.6 Å². The first-order valence-corrected chi connectivity index (χ1v) is 6.20. The number of aromatic amines is 1. The van der Waals surface area contributed by atoms with Gasteiger partial charge in [0.15, 0.2) is 0 Å². The molecule has 0 aliphatic heterocycles. The van der Waals surface area contributed by atoms with Crippen molar-refractivity contribution >= 4 is 15.9 Å². The highest BCUT2D eigenvalue weighted by atomic mass is 32.2. The van der Waals surface area contributed by atoms with Crippen molar-refractivity contribution in [2.45, 2.75) is 4.90 Å². The van der Waals surface area contributed by atoms with E-state index in [4.69, 9.17) is 0 Å². The van der Waals surface area contributed by atoms with Crippen molar-refractivity contribution in [3.63, 3.8) is 0 Å². The van der Waals surface area contributed by atoms with Crippen LogP contribution in [0.5, 0.6) is 0 Å². The number of rotatable bonds is 4.